The minimum absolute atomic E-state index is 0.0510. The number of carbonyl (C=O) groups excluding carboxylic acids is 2. The highest BCUT2D eigenvalue weighted by Gasteiger charge is 2.30. The van der Waals surface area contributed by atoms with Crippen molar-refractivity contribution in [2.45, 2.75) is 4.90 Å². The first-order valence-electron chi connectivity index (χ1n) is 5.79. The quantitative estimate of drug-likeness (QED) is 0.695. The summed E-state index contributed by atoms with van der Waals surface area (Å²) >= 11 is 5.83. The molecule has 0 fully saturated rings. The molecule has 21 heavy (non-hydrogen) atoms. The van der Waals surface area contributed by atoms with E-state index in [1.807, 2.05) is 0 Å². The highest BCUT2D eigenvalue weighted by atomic mass is 35.5. The maximum Gasteiger partial charge on any atom is 0.294 e. The lowest BCUT2D eigenvalue weighted by atomic mass is 9.84. The lowest BCUT2D eigenvalue weighted by Gasteiger charge is -2.17. The largest absolute Gasteiger partial charge is 0.294 e. The van der Waals surface area contributed by atoms with Gasteiger partial charge in [-0.25, -0.2) is 0 Å². The molecule has 1 aliphatic carbocycles. The Hall–Kier alpha value is -2.02. The highest BCUT2D eigenvalue weighted by Crippen LogP contribution is 2.30. The van der Waals surface area contributed by atoms with Crippen molar-refractivity contribution in [3.8, 4) is 0 Å². The Morgan fingerprint density at radius 1 is 0.810 bits per heavy atom. The van der Waals surface area contributed by atoms with Crippen LogP contribution in [0.5, 0.6) is 0 Å². The molecule has 0 atom stereocenters. The SMILES string of the molecule is O=C1c2ccc(S(=O)(=O)O)cc2C(=O)c2ccc(Cl)cc21. The monoisotopic (exact) mass is 322 g/mol. The first-order chi connectivity index (χ1) is 9.79. The molecule has 3 rings (SSSR count). The van der Waals surface area contributed by atoms with Gasteiger partial charge in [-0.3, -0.25) is 14.1 Å². The molecule has 5 nitrogen and oxygen atoms in total. The minimum Gasteiger partial charge on any atom is -0.289 e. The van der Waals surface area contributed by atoms with Gasteiger partial charge in [-0.1, -0.05) is 11.6 Å². The van der Waals surface area contributed by atoms with Crippen molar-refractivity contribution in [1.29, 1.82) is 0 Å². The molecule has 2 aromatic rings. The van der Waals surface area contributed by atoms with Crippen LogP contribution in [0.15, 0.2) is 41.3 Å². The van der Waals surface area contributed by atoms with Crippen LogP contribution in [0.2, 0.25) is 5.02 Å². The summed E-state index contributed by atoms with van der Waals surface area (Å²) < 4.78 is 31.3. The summed E-state index contributed by atoms with van der Waals surface area (Å²) in [5, 5.41) is 0.327. The second-order valence-electron chi connectivity index (χ2n) is 4.53. The molecule has 0 unspecified atom stereocenters. The van der Waals surface area contributed by atoms with Gasteiger partial charge in [0.25, 0.3) is 10.1 Å². The fraction of sp³-hybridized carbons (Fsp3) is 0. The summed E-state index contributed by atoms with van der Waals surface area (Å²) in [7, 11) is -4.45. The molecule has 0 saturated heterocycles. The number of ketones is 2. The van der Waals surface area contributed by atoms with Crippen molar-refractivity contribution in [1.82, 2.24) is 0 Å². The van der Waals surface area contributed by atoms with Crippen molar-refractivity contribution >= 4 is 33.3 Å². The van der Waals surface area contributed by atoms with Crippen LogP contribution in [0.1, 0.15) is 31.8 Å². The van der Waals surface area contributed by atoms with Crippen molar-refractivity contribution in [3.05, 3.63) is 63.7 Å². The number of fused-ring (bicyclic) bond motifs is 2. The third-order valence-corrected chi connectivity index (χ3v) is 4.33. The van der Waals surface area contributed by atoms with Gasteiger partial charge in [0.1, 0.15) is 0 Å². The predicted octanol–water partition coefficient (Wildman–Crippen LogP) is 2.36. The fourth-order valence-corrected chi connectivity index (χ4v) is 2.94. The minimum atomic E-state index is -4.45. The van der Waals surface area contributed by atoms with Crippen molar-refractivity contribution < 1.29 is 22.6 Å². The maximum atomic E-state index is 12.4. The van der Waals surface area contributed by atoms with E-state index >= 15 is 0 Å². The first-order valence-corrected chi connectivity index (χ1v) is 7.61. The Morgan fingerprint density at radius 2 is 1.33 bits per heavy atom. The summed E-state index contributed by atoms with van der Waals surface area (Å²) in [6.45, 7) is 0. The van der Waals surface area contributed by atoms with E-state index in [1.54, 1.807) is 0 Å². The van der Waals surface area contributed by atoms with E-state index in [0.717, 1.165) is 12.1 Å². The lowest BCUT2D eigenvalue weighted by molar-refractivity contribution is 0.0979. The normalized spacial score (nSPS) is 13.8. The zero-order chi connectivity index (χ0) is 15.4. The van der Waals surface area contributed by atoms with Gasteiger partial charge in [0.15, 0.2) is 11.6 Å². The molecule has 2 aromatic carbocycles. The molecule has 0 bridgehead atoms. The van der Waals surface area contributed by atoms with Crippen LogP contribution in [-0.2, 0) is 10.1 Å². The van der Waals surface area contributed by atoms with Crippen molar-refractivity contribution in [2.75, 3.05) is 0 Å². The van der Waals surface area contributed by atoms with Crippen LogP contribution in [-0.4, -0.2) is 24.5 Å². The Kier molecular flexibility index (Phi) is 2.98. The number of rotatable bonds is 1. The maximum absolute atomic E-state index is 12.4. The van der Waals surface area contributed by atoms with Crippen LogP contribution >= 0.6 is 11.6 Å². The Bertz CT molecular complexity index is 915. The molecule has 0 aliphatic heterocycles. The lowest BCUT2D eigenvalue weighted by Crippen LogP contribution is -2.21. The van der Waals surface area contributed by atoms with Gasteiger partial charge in [0, 0.05) is 27.3 Å². The van der Waals surface area contributed by atoms with E-state index in [4.69, 9.17) is 16.2 Å². The van der Waals surface area contributed by atoms with E-state index in [2.05, 4.69) is 0 Å². The van der Waals surface area contributed by atoms with Gasteiger partial charge < -0.3 is 0 Å². The van der Waals surface area contributed by atoms with Crippen molar-refractivity contribution in [2.24, 2.45) is 0 Å². The first kappa shape index (κ1) is 13.9. The predicted molar refractivity (Wildman–Crippen MR) is 74.6 cm³/mol. The highest BCUT2D eigenvalue weighted by molar-refractivity contribution is 7.85. The molecule has 1 aliphatic rings. The average Bonchev–Trinajstić information content (AvgIpc) is 2.43. The second kappa shape index (κ2) is 4.49. The standard InChI is InChI=1S/C14H7ClO5S/c15-7-1-3-9-11(5-7)13(16)10-4-2-8(21(18,19)20)6-12(10)14(9)17/h1-6H,(H,18,19,20). The number of benzene rings is 2. The summed E-state index contributed by atoms with van der Waals surface area (Å²) in [5.74, 6) is -0.897. The molecule has 0 amide bonds. The Balaban J connectivity index is 2.28. The van der Waals surface area contributed by atoms with E-state index in [9.17, 15) is 18.0 Å². The van der Waals surface area contributed by atoms with Gasteiger partial charge in [0.2, 0.25) is 0 Å². The molecule has 106 valence electrons. The van der Waals surface area contributed by atoms with E-state index in [0.29, 0.717) is 5.02 Å². The van der Waals surface area contributed by atoms with Crippen LogP contribution < -0.4 is 0 Å². The second-order valence-corrected chi connectivity index (χ2v) is 6.39. The molecule has 0 saturated carbocycles. The zero-order valence-electron chi connectivity index (χ0n) is 10.3. The molecule has 0 heterocycles. The Labute approximate surface area is 124 Å². The third kappa shape index (κ3) is 2.17. The molecule has 7 heteroatoms. The fourth-order valence-electron chi connectivity index (χ4n) is 2.26. The van der Waals surface area contributed by atoms with Gasteiger partial charge in [-0.2, -0.15) is 8.42 Å². The van der Waals surface area contributed by atoms with Crippen molar-refractivity contribution in [3.63, 3.8) is 0 Å². The number of hydrogen-bond acceptors (Lipinski definition) is 4. The number of halogens is 1. The number of hydrogen-bond donors (Lipinski definition) is 1. The molecular weight excluding hydrogens is 316 g/mol. The summed E-state index contributed by atoms with van der Waals surface area (Å²) in [4.78, 5) is 24.3. The van der Waals surface area contributed by atoms with E-state index in [-0.39, 0.29) is 22.3 Å². The van der Waals surface area contributed by atoms with Gasteiger partial charge in [-0.05, 0) is 36.4 Å². The van der Waals surface area contributed by atoms with Gasteiger partial charge in [-0.15, -0.1) is 0 Å². The van der Waals surface area contributed by atoms with Crippen LogP contribution in [0.25, 0.3) is 0 Å². The van der Waals surface area contributed by atoms with Crippen LogP contribution in [0, 0.1) is 0 Å². The Morgan fingerprint density at radius 3 is 1.90 bits per heavy atom. The summed E-state index contributed by atoms with van der Waals surface area (Å²) in [6.07, 6.45) is 0. The summed E-state index contributed by atoms with van der Waals surface area (Å²) in [5.41, 5.74) is 0.371. The smallest absolute Gasteiger partial charge is 0.289 e. The molecule has 0 aromatic heterocycles. The topological polar surface area (TPSA) is 88.5 Å². The molecular formula is C14H7ClO5S. The molecule has 0 radical (unpaired) electrons. The molecule has 0 spiro atoms. The van der Waals surface area contributed by atoms with Crippen LogP contribution in [0.3, 0.4) is 0 Å². The van der Waals surface area contributed by atoms with E-state index < -0.39 is 26.6 Å². The average molecular weight is 323 g/mol. The zero-order valence-corrected chi connectivity index (χ0v) is 11.9. The third-order valence-electron chi connectivity index (χ3n) is 3.25. The summed E-state index contributed by atoms with van der Waals surface area (Å²) in [6, 6.07) is 7.58. The van der Waals surface area contributed by atoms with E-state index in [1.165, 1.54) is 24.3 Å². The molecule has 1 N–H and O–H groups in total. The van der Waals surface area contributed by atoms with Gasteiger partial charge in [0.05, 0.1) is 4.90 Å². The van der Waals surface area contributed by atoms with Gasteiger partial charge >= 0.3 is 0 Å². The van der Waals surface area contributed by atoms with Crippen LogP contribution in [0.4, 0.5) is 0 Å². The number of carbonyl (C=O) groups is 2.